The number of carbonyl (C=O) groups excluding carboxylic acids is 1. The Morgan fingerprint density at radius 3 is 2.70 bits per heavy atom. The molecule has 1 atom stereocenters. The van der Waals surface area contributed by atoms with E-state index in [9.17, 15) is 4.79 Å². The van der Waals surface area contributed by atoms with E-state index in [0.29, 0.717) is 13.2 Å². The van der Waals surface area contributed by atoms with Crippen molar-refractivity contribution < 1.29 is 9.53 Å². The van der Waals surface area contributed by atoms with Crippen LogP contribution in [-0.2, 0) is 11.3 Å². The van der Waals surface area contributed by atoms with Crippen LogP contribution in [0.15, 0.2) is 24.3 Å². The monoisotopic (exact) mass is 387 g/mol. The van der Waals surface area contributed by atoms with Gasteiger partial charge in [-0.25, -0.2) is 4.79 Å². The standard InChI is InChI=1S/C16H22INO2/c1-13-4-2-10-18(16(19)20-11-3-5-13)12-14-6-8-15(17)9-7-14/h6-9,13H,2-5,10-12H2,1H3. The lowest BCUT2D eigenvalue weighted by Crippen LogP contribution is -2.33. The van der Waals surface area contributed by atoms with Gasteiger partial charge in [0.15, 0.2) is 0 Å². The van der Waals surface area contributed by atoms with E-state index in [1.165, 1.54) is 9.99 Å². The molecule has 0 spiro atoms. The first-order chi connectivity index (χ1) is 9.65. The van der Waals surface area contributed by atoms with Gasteiger partial charge in [0.2, 0.25) is 0 Å². The Balaban J connectivity index is 1.98. The lowest BCUT2D eigenvalue weighted by atomic mass is 9.99. The van der Waals surface area contributed by atoms with Crippen LogP contribution in [0.1, 0.15) is 38.2 Å². The summed E-state index contributed by atoms with van der Waals surface area (Å²) in [6.07, 6.45) is 4.21. The van der Waals surface area contributed by atoms with Gasteiger partial charge in [-0.2, -0.15) is 0 Å². The quantitative estimate of drug-likeness (QED) is 0.703. The fraction of sp³-hybridized carbons (Fsp3) is 0.562. The highest BCUT2D eigenvalue weighted by atomic mass is 127. The topological polar surface area (TPSA) is 29.5 Å². The fourth-order valence-electron chi connectivity index (χ4n) is 2.50. The number of hydrogen-bond donors (Lipinski definition) is 0. The van der Waals surface area contributed by atoms with Gasteiger partial charge in [0.25, 0.3) is 0 Å². The SMILES string of the molecule is CC1CCCOC(=O)N(Cc2ccc(I)cc2)CCC1. The molecule has 0 aromatic heterocycles. The van der Waals surface area contributed by atoms with Crippen molar-refractivity contribution in [2.24, 2.45) is 5.92 Å². The van der Waals surface area contributed by atoms with Gasteiger partial charge in [-0.3, -0.25) is 0 Å². The maximum absolute atomic E-state index is 12.1. The van der Waals surface area contributed by atoms with Crippen LogP contribution in [0, 0.1) is 9.49 Å². The molecule has 2 rings (SSSR count). The third-order valence-electron chi connectivity index (χ3n) is 3.74. The Hall–Kier alpha value is -0.780. The van der Waals surface area contributed by atoms with Crippen molar-refractivity contribution in [1.82, 2.24) is 4.90 Å². The summed E-state index contributed by atoms with van der Waals surface area (Å²) in [5.41, 5.74) is 1.16. The van der Waals surface area contributed by atoms with E-state index in [1.807, 2.05) is 4.90 Å². The highest BCUT2D eigenvalue weighted by Crippen LogP contribution is 2.17. The maximum Gasteiger partial charge on any atom is 0.410 e. The summed E-state index contributed by atoms with van der Waals surface area (Å²) in [6.45, 7) is 4.26. The Morgan fingerprint density at radius 1 is 1.25 bits per heavy atom. The highest BCUT2D eigenvalue weighted by molar-refractivity contribution is 14.1. The summed E-state index contributed by atoms with van der Waals surface area (Å²) in [5, 5.41) is 0. The first-order valence-corrected chi connectivity index (χ1v) is 8.39. The first-order valence-electron chi connectivity index (χ1n) is 7.31. The number of cyclic esters (lactones) is 1. The largest absolute Gasteiger partial charge is 0.449 e. The van der Waals surface area contributed by atoms with Crippen molar-refractivity contribution in [2.75, 3.05) is 13.2 Å². The van der Waals surface area contributed by atoms with E-state index >= 15 is 0 Å². The van der Waals surface area contributed by atoms with Crippen molar-refractivity contribution >= 4 is 28.7 Å². The van der Waals surface area contributed by atoms with E-state index in [2.05, 4.69) is 53.8 Å². The molecule has 1 amide bonds. The number of hydrogen-bond acceptors (Lipinski definition) is 2. The fourth-order valence-corrected chi connectivity index (χ4v) is 2.86. The highest BCUT2D eigenvalue weighted by Gasteiger charge is 2.17. The van der Waals surface area contributed by atoms with Crippen LogP contribution < -0.4 is 0 Å². The molecule has 0 radical (unpaired) electrons. The Kier molecular flexibility index (Phi) is 6.13. The van der Waals surface area contributed by atoms with Crippen LogP contribution in [-0.4, -0.2) is 24.1 Å². The van der Waals surface area contributed by atoms with Gasteiger partial charge in [-0.1, -0.05) is 19.1 Å². The number of nitrogens with zero attached hydrogens (tertiary/aromatic N) is 1. The molecule has 0 bridgehead atoms. The van der Waals surface area contributed by atoms with Crippen molar-refractivity contribution in [3.8, 4) is 0 Å². The van der Waals surface area contributed by atoms with Crippen molar-refractivity contribution in [1.29, 1.82) is 0 Å². The van der Waals surface area contributed by atoms with E-state index in [-0.39, 0.29) is 6.09 Å². The predicted octanol–water partition coefficient (Wildman–Crippen LogP) is 4.44. The Labute approximate surface area is 134 Å². The van der Waals surface area contributed by atoms with E-state index in [0.717, 1.165) is 37.3 Å². The average molecular weight is 387 g/mol. The first kappa shape index (κ1) is 15.6. The van der Waals surface area contributed by atoms with E-state index in [4.69, 9.17) is 4.74 Å². The van der Waals surface area contributed by atoms with Crippen molar-refractivity contribution in [3.05, 3.63) is 33.4 Å². The number of carbonyl (C=O) groups is 1. The third-order valence-corrected chi connectivity index (χ3v) is 4.46. The molecule has 4 heteroatoms. The van der Waals surface area contributed by atoms with Gasteiger partial charge in [-0.05, 0) is 71.9 Å². The number of halogens is 1. The van der Waals surface area contributed by atoms with Crippen LogP contribution >= 0.6 is 22.6 Å². The number of rotatable bonds is 2. The molecule has 20 heavy (non-hydrogen) atoms. The minimum atomic E-state index is -0.168. The summed E-state index contributed by atoms with van der Waals surface area (Å²) < 4.78 is 6.57. The second kappa shape index (κ2) is 7.86. The molecule has 0 aliphatic carbocycles. The molecule has 1 fully saturated rings. The van der Waals surface area contributed by atoms with Gasteiger partial charge < -0.3 is 9.64 Å². The lowest BCUT2D eigenvalue weighted by molar-refractivity contribution is 0.0921. The van der Waals surface area contributed by atoms with Crippen LogP contribution in [0.2, 0.25) is 0 Å². The summed E-state index contributed by atoms with van der Waals surface area (Å²) in [6, 6.07) is 8.31. The van der Waals surface area contributed by atoms with Gasteiger partial charge in [0.05, 0.1) is 6.61 Å². The second-order valence-corrected chi connectivity index (χ2v) is 6.80. The molecular weight excluding hydrogens is 365 g/mol. The summed E-state index contributed by atoms with van der Waals surface area (Å²) in [7, 11) is 0. The molecule has 3 nitrogen and oxygen atoms in total. The molecule has 1 saturated heterocycles. The summed E-state index contributed by atoms with van der Waals surface area (Å²) in [5.74, 6) is 0.729. The average Bonchev–Trinajstić information content (AvgIpc) is 2.44. The van der Waals surface area contributed by atoms with Crippen LogP contribution in [0.4, 0.5) is 4.79 Å². The van der Waals surface area contributed by atoms with Crippen LogP contribution in [0.5, 0.6) is 0 Å². The lowest BCUT2D eigenvalue weighted by Gasteiger charge is -2.24. The van der Waals surface area contributed by atoms with Crippen molar-refractivity contribution in [2.45, 2.75) is 39.2 Å². The number of benzene rings is 1. The Morgan fingerprint density at radius 2 is 1.95 bits per heavy atom. The van der Waals surface area contributed by atoms with E-state index in [1.54, 1.807) is 0 Å². The number of amides is 1. The normalized spacial score (nSPS) is 21.4. The minimum absolute atomic E-state index is 0.168. The molecule has 110 valence electrons. The molecule has 1 heterocycles. The second-order valence-electron chi connectivity index (χ2n) is 5.55. The molecule has 0 N–H and O–H groups in total. The number of ether oxygens (including phenoxy) is 1. The van der Waals surface area contributed by atoms with Gasteiger partial charge in [-0.15, -0.1) is 0 Å². The Bertz CT molecular complexity index is 433. The third kappa shape index (κ3) is 4.96. The van der Waals surface area contributed by atoms with Gasteiger partial charge >= 0.3 is 6.09 Å². The smallest absolute Gasteiger partial charge is 0.410 e. The predicted molar refractivity (Wildman–Crippen MR) is 88.5 cm³/mol. The van der Waals surface area contributed by atoms with Gasteiger partial charge in [0.1, 0.15) is 0 Å². The summed E-state index contributed by atoms with van der Waals surface area (Å²) >= 11 is 2.29. The molecule has 1 aromatic carbocycles. The maximum atomic E-state index is 12.1. The van der Waals surface area contributed by atoms with Gasteiger partial charge in [0, 0.05) is 16.7 Å². The van der Waals surface area contributed by atoms with E-state index < -0.39 is 0 Å². The molecule has 1 aliphatic heterocycles. The molecule has 1 unspecified atom stereocenters. The zero-order valence-corrected chi connectivity index (χ0v) is 14.1. The molecule has 1 aliphatic rings. The van der Waals surface area contributed by atoms with Crippen LogP contribution in [0.3, 0.4) is 0 Å². The summed E-state index contributed by atoms with van der Waals surface area (Å²) in [4.78, 5) is 13.9. The van der Waals surface area contributed by atoms with Crippen LogP contribution in [0.25, 0.3) is 0 Å². The molecular formula is C16H22INO2. The molecule has 1 aromatic rings. The zero-order valence-electron chi connectivity index (χ0n) is 12.0. The molecule has 0 saturated carbocycles. The zero-order chi connectivity index (χ0) is 14.4. The minimum Gasteiger partial charge on any atom is -0.449 e. The van der Waals surface area contributed by atoms with Crippen molar-refractivity contribution in [3.63, 3.8) is 0 Å².